The molecule has 0 bridgehead atoms. The van der Waals surface area contributed by atoms with E-state index >= 15 is 0 Å². The van der Waals surface area contributed by atoms with Crippen LogP contribution in [0.2, 0.25) is 0 Å². The molecule has 0 spiro atoms. The van der Waals surface area contributed by atoms with Gasteiger partial charge in [-0.15, -0.1) is 0 Å². The molecular formula is C14H24N2O3. The number of piperazine rings is 1. The van der Waals surface area contributed by atoms with Gasteiger partial charge in [0.1, 0.15) is 11.6 Å². The number of ether oxygens (including phenoxy) is 1. The lowest BCUT2D eigenvalue weighted by Gasteiger charge is -2.44. The van der Waals surface area contributed by atoms with Crippen molar-refractivity contribution < 1.29 is 14.3 Å². The number of carbonyl (C=O) groups excluding carboxylic acids is 2. The van der Waals surface area contributed by atoms with Crippen LogP contribution in [0.4, 0.5) is 0 Å². The first-order valence-electron chi connectivity index (χ1n) is 7.14. The van der Waals surface area contributed by atoms with Crippen molar-refractivity contribution in [2.75, 3.05) is 13.2 Å². The third-order valence-corrected chi connectivity index (χ3v) is 4.23. The van der Waals surface area contributed by atoms with Gasteiger partial charge in [-0.1, -0.05) is 0 Å². The number of amides is 2. The SMILES string of the molecule is CCOC(C)CN1C(=O)C(C)(C2CC2)NC(=O)C1C. The molecular weight excluding hydrogens is 244 g/mol. The molecule has 1 saturated heterocycles. The molecule has 3 atom stereocenters. The highest BCUT2D eigenvalue weighted by molar-refractivity contribution is 5.99. The number of nitrogens with zero attached hydrogens (tertiary/aromatic N) is 1. The van der Waals surface area contributed by atoms with Gasteiger partial charge in [-0.2, -0.15) is 0 Å². The second-order valence-electron chi connectivity index (χ2n) is 5.87. The average Bonchev–Trinajstić information content (AvgIpc) is 3.17. The molecule has 2 rings (SSSR count). The largest absolute Gasteiger partial charge is 0.377 e. The molecule has 1 N–H and O–H groups in total. The lowest BCUT2D eigenvalue weighted by Crippen LogP contribution is -2.70. The minimum Gasteiger partial charge on any atom is -0.377 e. The Labute approximate surface area is 114 Å². The van der Waals surface area contributed by atoms with Crippen LogP contribution in [-0.4, -0.2) is 47.6 Å². The molecule has 5 nitrogen and oxygen atoms in total. The van der Waals surface area contributed by atoms with Gasteiger partial charge in [-0.25, -0.2) is 0 Å². The minimum atomic E-state index is -0.713. The fourth-order valence-corrected chi connectivity index (χ4v) is 2.82. The van der Waals surface area contributed by atoms with Crippen LogP contribution in [0.25, 0.3) is 0 Å². The van der Waals surface area contributed by atoms with E-state index in [-0.39, 0.29) is 17.9 Å². The second-order valence-corrected chi connectivity index (χ2v) is 5.87. The molecule has 19 heavy (non-hydrogen) atoms. The van der Waals surface area contributed by atoms with Gasteiger partial charge < -0.3 is 15.0 Å². The first-order chi connectivity index (χ1) is 8.90. The molecule has 1 heterocycles. The molecule has 5 heteroatoms. The summed E-state index contributed by atoms with van der Waals surface area (Å²) in [6.07, 6.45) is 1.99. The van der Waals surface area contributed by atoms with E-state index in [0.29, 0.717) is 19.1 Å². The van der Waals surface area contributed by atoms with Gasteiger partial charge in [0.05, 0.1) is 6.10 Å². The Kier molecular flexibility index (Phi) is 3.85. The molecule has 108 valence electrons. The highest BCUT2D eigenvalue weighted by Gasteiger charge is 2.54. The van der Waals surface area contributed by atoms with E-state index in [1.54, 1.807) is 11.8 Å². The van der Waals surface area contributed by atoms with Gasteiger partial charge in [0.2, 0.25) is 11.8 Å². The smallest absolute Gasteiger partial charge is 0.249 e. The standard InChI is InChI=1S/C14H24N2O3/c1-5-19-9(2)8-16-10(3)12(17)15-14(4,13(16)18)11-6-7-11/h9-11H,5-8H2,1-4H3,(H,15,17). The fourth-order valence-electron chi connectivity index (χ4n) is 2.82. The molecule has 1 aliphatic carbocycles. The zero-order valence-corrected chi connectivity index (χ0v) is 12.2. The normalized spacial score (nSPS) is 33.3. The second kappa shape index (κ2) is 5.12. The average molecular weight is 268 g/mol. The van der Waals surface area contributed by atoms with E-state index in [1.165, 1.54) is 0 Å². The summed E-state index contributed by atoms with van der Waals surface area (Å²) in [7, 11) is 0. The predicted molar refractivity (Wildman–Crippen MR) is 71.5 cm³/mol. The maximum Gasteiger partial charge on any atom is 0.249 e. The molecule has 1 aliphatic heterocycles. The highest BCUT2D eigenvalue weighted by atomic mass is 16.5. The summed E-state index contributed by atoms with van der Waals surface area (Å²) in [5, 5.41) is 2.92. The summed E-state index contributed by atoms with van der Waals surface area (Å²) < 4.78 is 5.50. The van der Waals surface area contributed by atoms with Crippen LogP contribution in [0.1, 0.15) is 40.5 Å². The van der Waals surface area contributed by atoms with Crippen molar-refractivity contribution in [1.29, 1.82) is 0 Å². The van der Waals surface area contributed by atoms with Crippen molar-refractivity contribution in [3.63, 3.8) is 0 Å². The van der Waals surface area contributed by atoms with E-state index < -0.39 is 11.6 Å². The van der Waals surface area contributed by atoms with Crippen molar-refractivity contribution >= 4 is 11.8 Å². The summed E-state index contributed by atoms with van der Waals surface area (Å²) in [6, 6.07) is -0.415. The van der Waals surface area contributed by atoms with Crippen molar-refractivity contribution in [1.82, 2.24) is 10.2 Å². The Hall–Kier alpha value is -1.10. The molecule has 0 aromatic rings. The Balaban J connectivity index is 2.14. The van der Waals surface area contributed by atoms with Gasteiger partial charge in [0.15, 0.2) is 0 Å². The molecule has 0 aromatic heterocycles. The zero-order chi connectivity index (χ0) is 14.2. The molecule has 0 radical (unpaired) electrons. The molecule has 2 fully saturated rings. The number of nitrogens with one attached hydrogen (secondary N) is 1. The van der Waals surface area contributed by atoms with Crippen LogP contribution in [0.3, 0.4) is 0 Å². The highest BCUT2D eigenvalue weighted by Crippen LogP contribution is 2.42. The van der Waals surface area contributed by atoms with Gasteiger partial charge in [-0.3, -0.25) is 9.59 Å². The van der Waals surface area contributed by atoms with Crippen LogP contribution in [0.5, 0.6) is 0 Å². The third kappa shape index (κ3) is 2.61. The number of carbonyl (C=O) groups is 2. The Morgan fingerprint density at radius 2 is 2.11 bits per heavy atom. The van der Waals surface area contributed by atoms with Crippen LogP contribution in [0.15, 0.2) is 0 Å². The fraction of sp³-hybridized carbons (Fsp3) is 0.857. The van der Waals surface area contributed by atoms with Gasteiger partial charge in [0, 0.05) is 13.2 Å². The topological polar surface area (TPSA) is 58.6 Å². The van der Waals surface area contributed by atoms with E-state index in [9.17, 15) is 9.59 Å². The van der Waals surface area contributed by atoms with Crippen LogP contribution < -0.4 is 5.32 Å². The molecule has 3 unspecified atom stereocenters. The predicted octanol–water partition coefficient (Wildman–Crippen LogP) is 0.927. The lowest BCUT2D eigenvalue weighted by molar-refractivity contribution is -0.156. The van der Waals surface area contributed by atoms with Crippen LogP contribution >= 0.6 is 0 Å². The third-order valence-electron chi connectivity index (χ3n) is 4.23. The quantitative estimate of drug-likeness (QED) is 0.807. The first-order valence-corrected chi connectivity index (χ1v) is 7.14. The van der Waals surface area contributed by atoms with Crippen molar-refractivity contribution in [3.8, 4) is 0 Å². The number of hydrogen-bond acceptors (Lipinski definition) is 3. The molecule has 1 saturated carbocycles. The van der Waals surface area contributed by atoms with E-state index in [2.05, 4.69) is 5.32 Å². The number of rotatable bonds is 5. The van der Waals surface area contributed by atoms with Crippen LogP contribution in [0, 0.1) is 5.92 Å². The van der Waals surface area contributed by atoms with Gasteiger partial charge in [0.25, 0.3) is 0 Å². The maximum absolute atomic E-state index is 12.7. The minimum absolute atomic E-state index is 0.0358. The van der Waals surface area contributed by atoms with Gasteiger partial charge in [-0.05, 0) is 46.5 Å². The first kappa shape index (κ1) is 14.3. The molecule has 0 aromatic carbocycles. The summed E-state index contributed by atoms with van der Waals surface area (Å²) in [4.78, 5) is 26.4. The van der Waals surface area contributed by atoms with Gasteiger partial charge >= 0.3 is 0 Å². The maximum atomic E-state index is 12.7. The summed E-state index contributed by atoms with van der Waals surface area (Å²) in [5.41, 5.74) is -0.713. The Bertz CT molecular complexity index is 381. The van der Waals surface area contributed by atoms with Crippen molar-refractivity contribution in [2.45, 2.75) is 58.2 Å². The lowest BCUT2D eigenvalue weighted by atomic mass is 9.89. The number of hydrogen-bond donors (Lipinski definition) is 1. The van der Waals surface area contributed by atoms with E-state index in [1.807, 2.05) is 20.8 Å². The van der Waals surface area contributed by atoms with Crippen molar-refractivity contribution in [3.05, 3.63) is 0 Å². The zero-order valence-electron chi connectivity index (χ0n) is 12.2. The van der Waals surface area contributed by atoms with Crippen LogP contribution in [-0.2, 0) is 14.3 Å². The molecule has 2 aliphatic rings. The van der Waals surface area contributed by atoms with Crippen molar-refractivity contribution in [2.24, 2.45) is 5.92 Å². The Morgan fingerprint density at radius 3 is 2.63 bits per heavy atom. The monoisotopic (exact) mass is 268 g/mol. The van der Waals surface area contributed by atoms with E-state index in [4.69, 9.17) is 4.74 Å². The Morgan fingerprint density at radius 1 is 1.47 bits per heavy atom. The summed E-state index contributed by atoms with van der Waals surface area (Å²) in [5.74, 6) is 0.271. The van der Waals surface area contributed by atoms with E-state index in [0.717, 1.165) is 12.8 Å². The summed E-state index contributed by atoms with van der Waals surface area (Å²) >= 11 is 0. The summed E-state index contributed by atoms with van der Waals surface area (Å²) in [6.45, 7) is 8.59. The molecule has 2 amide bonds.